The molecule has 0 saturated heterocycles. The van der Waals surface area contributed by atoms with Gasteiger partial charge in [-0.2, -0.15) is 0 Å². The Morgan fingerprint density at radius 3 is 2.70 bits per heavy atom. The molecule has 0 unspecified atom stereocenters. The summed E-state index contributed by atoms with van der Waals surface area (Å²) in [5.74, 6) is 0.421. The number of furan rings is 1. The fourth-order valence-corrected chi connectivity index (χ4v) is 3.33. The van der Waals surface area contributed by atoms with Crippen molar-refractivity contribution in [2.75, 3.05) is 11.9 Å². The third-order valence-corrected chi connectivity index (χ3v) is 5.00. The second-order valence-electron chi connectivity index (χ2n) is 6.28. The van der Waals surface area contributed by atoms with Crippen LogP contribution in [0.15, 0.2) is 52.5 Å². The molecule has 2 N–H and O–H groups in total. The first-order valence-electron chi connectivity index (χ1n) is 8.64. The van der Waals surface area contributed by atoms with E-state index in [0.717, 1.165) is 0 Å². The van der Waals surface area contributed by atoms with Crippen molar-refractivity contribution in [3.63, 3.8) is 0 Å². The summed E-state index contributed by atoms with van der Waals surface area (Å²) in [4.78, 5) is 28.6. The molecule has 0 spiro atoms. The lowest BCUT2D eigenvalue weighted by molar-refractivity contribution is -0.120. The van der Waals surface area contributed by atoms with Crippen LogP contribution >= 0.6 is 11.3 Å². The van der Waals surface area contributed by atoms with Gasteiger partial charge in [0.2, 0.25) is 5.91 Å². The summed E-state index contributed by atoms with van der Waals surface area (Å²) in [5, 5.41) is 7.90. The van der Waals surface area contributed by atoms with Gasteiger partial charge in [-0.15, -0.1) is 11.3 Å². The number of hydrogen-bond acceptors (Lipinski definition) is 5. The zero-order chi connectivity index (χ0) is 19.2. The molecule has 0 radical (unpaired) electrons. The van der Waals surface area contributed by atoms with E-state index in [4.69, 9.17) is 4.42 Å². The number of nitrogens with one attached hydrogen (secondary N) is 2. The molecule has 1 aromatic carbocycles. The Morgan fingerprint density at radius 1 is 1.22 bits per heavy atom. The summed E-state index contributed by atoms with van der Waals surface area (Å²) in [6.45, 7) is 4.36. The lowest BCUT2D eigenvalue weighted by atomic mass is 10.0. The van der Waals surface area contributed by atoms with Crippen molar-refractivity contribution in [3.05, 3.63) is 70.6 Å². The number of thiazole rings is 1. The molecule has 7 heteroatoms. The van der Waals surface area contributed by atoms with Crippen LogP contribution in [0.4, 0.5) is 5.13 Å². The number of carbonyl (C=O) groups is 2. The highest BCUT2D eigenvalue weighted by molar-refractivity contribution is 7.14. The van der Waals surface area contributed by atoms with Crippen molar-refractivity contribution < 1.29 is 14.0 Å². The molecule has 140 valence electrons. The highest BCUT2D eigenvalue weighted by atomic mass is 32.1. The lowest BCUT2D eigenvalue weighted by Crippen LogP contribution is -2.29. The number of rotatable bonds is 7. The molecule has 27 heavy (non-hydrogen) atoms. The van der Waals surface area contributed by atoms with Gasteiger partial charge >= 0.3 is 0 Å². The Morgan fingerprint density at radius 2 is 2.00 bits per heavy atom. The number of benzene rings is 1. The molecular formula is C20H21N3O3S. The maximum absolute atomic E-state index is 12.2. The molecule has 0 aliphatic carbocycles. The highest BCUT2D eigenvalue weighted by Gasteiger charge is 2.15. The van der Waals surface area contributed by atoms with E-state index in [1.54, 1.807) is 18.4 Å². The topological polar surface area (TPSA) is 84.2 Å². The van der Waals surface area contributed by atoms with Crippen LogP contribution in [0.25, 0.3) is 0 Å². The monoisotopic (exact) mass is 383 g/mol. The van der Waals surface area contributed by atoms with Gasteiger partial charge < -0.3 is 9.73 Å². The molecule has 3 rings (SSSR count). The van der Waals surface area contributed by atoms with Crippen molar-refractivity contribution in [3.8, 4) is 0 Å². The van der Waals surface area contributed by atoms with Gasteiger partial charge in [0, 0.05) is 11.9 Å². The van der Waals surface area contributed by atoms with Crippen LogP contribution in [0.2, 0.25) is 0 Å². The first kappa shape index (κ1) is 18.8. The van der Waals surface area contributed by atoms with Crippen molar-refractivity contribution >= 4 is 28.3 Å². The fraction of sp³-hybridized carbons (Fsp3) is 0.250. The molecule has 0 saturated carbocycles. The molecule has 2 aromatic heterocycles. The van der Waals surface area contributed by atoms with E-state index in [9.17, 15) is 9.59 Å². The van der Waals surface area contributed by atoms with Gasteiger partial charge in [-0.05, 0) is 24.5 Å². The predicted octanol–water partition coefficient (Wildman–Crippen LogP) is 3.76. The number of hydrogen-bond donors (Lipinski definition) is 2. The van der Waals surface area contributed by atoms with Crippen molar-refractivity contribution in [2.45, 2.75) is 26.2 Å². The minimum atomic E-state index is -0.275. The summed E-state index contributed by atoms with van der Waals surface area (Å²) < 4.78 is 5.13. The minimum Gasteiger partial charge on any atom is -0.469 e. The maximum Gasteiger partial charge on any atom is 0.260 e. The first-order valence-corrected chi connectivity index (χ1v) is 9.52. The van der Waals surface area contributed by atoms with Crippen LogP contribution in [0.1, 0.15) is 40.2 Å². The number of anilines is 1. The largest absolute Gasteiger partial charge is 0.469 e. The van der Waals surface area contributed by atoms with Crippen LogP contribution in [-0.4, -0.2) is 23.3 Å². The van der Waals surface area contributed by atoms with E-state index in [0.29, 0.717) is 28.7 Å². The quantitative estimate of drug-likeness (QED) is 0.651. The average Bonchev–Trinajstić information content (AvgIpc) is 3.29. The van der Waals surface area contributed by atoms with Crippen molar-refractivity contribution in [1.29, 1.82) is 0 Å². The van der Waals surface area contributed by atoms with Gasteiger partial charge in [-0.25, -0.2) is 4.98 Å². The van der Waals surface area contributed by atoms with E-state index in [1.807, 2.05) is 30.3 Å². The highest BCUT2D eigenvalue weighted by Crippen LogP contribution is 2.18. The number of aryl methyl sites for hydroxylation is 1. The van der Waals surface area contributed by atoms with Crippen LogP contribution < -0.4 is 10.6 Å². The number of carbonyl (C=O) groups excluding carboxylic acids is 2. The van der Waals surface area contributed by atoms with Crippen LogP contribution in [0, 0.1) is 6.92 Å². The molecule has 2 heterocycles. The average molecular weight is 383 g/mol. The van der Waals surface area contributed by atoms with Gasteiger partial charge in [0.15, 0.2) is 5.13 Å². The Balaban J connectivity index is 1.49. The van der Waals surface area contributed by atoms with E-state index >= 15 is 0 Å². The Labute approximate surface area is 161 Å². The third-order valence-electron chi connectivity index (χ3n) is 4.19. The summed E-state index contributed by atoms with van der Waals surface area (Å²) >= 11 is 1.29. The van der Waals surface area contributed by atoms with Crippen LogP contribution in [-0.2, 0) is 11.2 Å². The number of amides is 2. The van der Waals surface area contributed by atoms with Gasteiger partial charge in [0.05, 0.1) is 23.9 Å². The smallest absolute Gasteiger partial charge is 0.260 e. The summed E-state index contributed by atoms with van der Waals surface area (Å²) in [7, 11) is 0. The Bertz CT molecular complexity index is 917. The van der Waals surface area contributed by atoms with Gasteiger partial charge in [-0.1, -0.05) is 37.3 Å². The molecule has 2 amide bonds. The fourth-order valence-electron chi connectivity index (χ4n) is 2.62. The molecule has 0 aliphatic rings. The van der Waals surface area contributed by atoms with E-state index in [2.05, 4.69) is 22.5 Å². The SMILES string of the molecule is Cc1occc1C(=O)Nc1nc(CC(=O)NC[C@H](C)c2ccccc2)cs1. The predicted molar refractivity (Wildman–Crippen MR) is 105 cm³/mol. The summed E-state index contributed by atoms with van der Waals surface area (Å²) in [6.07, 6.45) is 1.65. The van der Waals surface area contributed by atoms with Crippen molar-refractivity contribution in [1.82, 2.24) is 10.3 Å². The molecular weight excluding hydrogens is 362 g/mol. The second-order valence-corrected chi connectivity index (χ2v) is 7.14. The Kier molecular flexibility index (Phi) is 6.03. The zero-order valence-electron chi connectivity index (χ0n) is 15.2. The summed E-state index contributed by atoms with van der Waals surface area (Å²) in [5.41, 5.74) is 2.29. The molecule has 6 nitrogen and oxygen atoms in total. The minimum absolute atomic E-state index is 0.0911. The standard InChI is InChI=1S/C20H21N3O3S/c1-13(15-6-4-3-5-7-15)11-21-18(24)10-16-12-27-20(22-16)23-19(25)17-8-9-26-14(17)2/h3-9,12-13H,10-11H2,1-2H3,(H,21,24)(H,22,23,25)/t13-/m0/s1. The zero-order valence-corrected chi connectivity index (χ0v) is 16.0. The van der Waals surface area contributed by atoms with Gasteiger partial charge in [0.1, 0.15) is 5.76 Å². The Hall–Kier alpha value is -2.93. The van der Waals surface area contributed by atoms with Crippen LogP contribution in [0.3, 0.4) is 0 Å². The molecule has 0 fully saturated rings. The number of aromatic nitrogens is 1. The summed E-state index contributed by atoms with van der Waals surface area (Å²) in [6, 6.07) is 11.7. The lowest BCUT2D eigenvalue weighted by Gasteiger charge is -2.12. The number of nitrogens with zero attached hydrogens (tertiary/aromatic N) is 1. The van der Waals surface area contributed by atoms with E-state index < -0.39 is 0 Å². The molecule has 3 aromatic rings. The van der Waals surface area contributed by atoms with E-state index in [1.165, 1.54) is 23.2 Å². The normalized spacial score (nSPS) is 11.8. The van der Waals surface area contributed by atoms with Crippen LogP contribution in [0.5, 0.6) is 0 Å². The van der Waals surface area contributed by atoms with Gasteiger partial charge in [0.25, 0.3) is 5.91 Å². The van der Waals surface area contributed by atoms with Crippen molar-refractivity contribution in [2.24, 2.45) is 0 Å². The third kappa shape index (κ3) is 5.04. The van der Waals surface area contributed by atoms with Gasteiger partial charge in [-0.3, -0.25) is 14.9 Å². The molecule has 0 bridgehead atoms. The maximum atomic E-state index is 12.2. The second kappa shape index (κ2) is 8.64. The molecule has 1 atom stereocenters. The first-order chi connectivity index (χ1) is 13.0. The van der Waals surface area contributed by atoms with E-state index in [-0.39, 0.29) is 24.2 Å². The molecule has 0 aliphatic heterocycles.